The zero-order chi connectivity index (χ0) is 14.6. The fraction of sp³-hybridized carbons (Fsp3) is 0.867. The monoisotopic (exact) mass is 282 g/mol. The highest BCUT2D eigenvalue weighted by Crippen LogP contribution is 2.34. The summed E-state index contributed by atoms with van der Waals surface area (Å²) in [4.78, 5) is 25.7. The number of carboxylic acid groups (broad SMARTS) is 1. The van der Waals surface area contributed by atoms with Crippen molar-refractivity contribution in [2.45, 2.75) is 63.8 Å². The van der Waals surface area contributed by atoms with Crippen LogP contribution in [0.1, 0.15) is 58.3 Å². The molecule has 2 rings (SSSR count). The number of nitrogens with zero attached hydrogens (tertiary/aromatic N) is 1. The van der Waals surface area contributed by atoms with Gasteiger partial charge in [-0.25, -0.2) is 9.59 Å². The lowest BCUT2D eigenvalue weighted by Crippen LogP contribution is -2.59. The fourth-order valence-corrected chi connectivity index (χ4v) is 3.35. The van der Waals surface area contributed by atoms with E-state index in [4.69, 9.17) is 0 Å². The SMILES string of the molecule is CCC1CCC(NC(=O)N2CCCCC2)(C(=O)O)CC1. The van der Waals surface area contributed by atoms with Crippen molar-refractivity contribution >= 4 is 12.0 Å². The van der Waals surface area contributed by atoms with Gasteiger partial charge in [0.1, 0.15) is 5.54 Å². The van der Waals surface area contributed by atoms with E-state index in [0.717, 1.165) is 51.6 Å². The van der Waals surface area contributed by atoms with Crippen molar-refractivity contribution < 1.29 is 14.7 Å². The first-order valence-corrected chi connectivity index (χ1v) is 7.88. The quantitative estimate of drug-likeness (QED) is 0.836. The molecule has 1 saturated heterocycles. The molecular formula is C15H26N2O3. The molecule has 2 N–H and O–H groups in total. The van der Waals surface area contributed by atoms with Gasteiger partial charge >= 0.3 is 12.0 Å². The topological polar surface area (TPSA) is 69.6 Å². The first-order valence-electron chi connectivity index (χ1n) is 7.88. The lowest BCUT2D eigenvalue weighted by molar-refractivity contribution is -0.146. The molecule has 114 valence electrons. The molecule has 2 fully saturated rings. The van der Waals surface area contributed by atoms with Gasteiger partial charge in [0.25, 0.3) is 0 Å². The molecule has 5 nitrogen and oxygen atoms in total. The van der Waals surface area contributed by atoms with Crippen molar-refractivity contribution in [1.82, 2.24) is 10.2 Å². The highest BCUT2D eigenvalue weighted by Gasteiger charge is 2.43. The van der Waals surface area contributed by atoms with Crippen LogP contribution in [-0.2, 0) is 4.79 Å². The van der Waals surface area contributed by atoms with Gasteiger partial charge < -0.3 is 15.3 Å². The summed E-state index contributed by atoms with van der Waals surface area (Å²) in [7, 11) is 0. The minimum Gasteiger partial charge on any atom is -0.480 e. The van der Waals surface area contributed by atoms with Crippen molar-refractivity contribution in [2.24, 2.45) is 5.92 Å². The average molecular weight is 282 g/mol. The van der Waals surface area contributed by atoms with Gasteiger partial charge in [-0.05, 0) is 50.9 Å². The van der Waals surface area contributed by atoms with Gasteiger partial charge in [0.15, 0.2) is 0 Å². The fourth-order valence-electron chi connectivity index (χ4n) is 3.35. The highest BCUT2D eigenvalue weighted by atomic mass is 16.4. The van der Waals surface area contributed by atoms with Gasteiger partial charge in [0.05, 0.1) is 0 Å². The first-order chi connectivity index (χ1) is 9.57. The molecule has 0 radical (unpaired) electrons. The van der Waals surface area contributed by atoms with Crippen molar-refractivity contribution in [3.05, 3.63) is 0 Å². The maximum absolute atomic E-state index is 12.3. The molecule has 0 atom stereocenters. The number of urea groups is 1. The second kappa shape index (κ2) is 6.46. The Kier molecular flexibility index (Phi) is 4.89. The minimum atomic E-state index is -1.04. The van der Waals surface area contributed by atoms with Crippen LogP contribution in [-0.4, -0.2) is 40.6 Å². The number of likely N-dealkylation sites (tertiary alicyclic amines) is 1. The van der Waals surface area contributed by atoms with E-state index >= 15 is 0 Å². The van der Waals surface area contributed by atoms with E-state index in [1.165, 1.54) is 0 Å². The maximum atomic E-state index is 12.3. The van der Waals surface area contributed by atoms with Crippen LogP contribution in [0.4, 0.5) is 4.79 Å². The van der Waals surface area contributed by atoms with Crippen molar-refractivity contribution in [3.63, 3.8) is 0 Å². The predicted molar refractivity (Wildman–Crippen MR) is 76.6 cm³/mol. The van der Waals surface area contributed by atoms with Gasteiger partial charge in [-0.1, -0.05) is 13.3 Å². The zero-order valence-electron chi connectivity index (χ0n) is 12.4. The van der Waals surface area contributed by atoms with Crippen molar-refractivity contribution in [3.8, 4) is 0 Å². The molecule has 5 heteroatoms. The summed E-state index contributed by atoms with van der Waals surface area (Å²) in [6.07, 6.45) is 7.19. The number of carboxylic acids is 1. The number of amides is 2. The van der Waals surface area contributed by atoms with E-state index < -0.39 is 11.5 Å². The molecule has 1 saturated carbocycles. The average Bonchev–Trinajstić information content (AvgIpc) is 2.48. The molecule has 0 aromatic carbocycles. The van der Waals surface area contributed by atoms with E-state index in [1.807, 2.05) is 0 Å². The number of hydrogen-bond acceptors (Lipinski definition) is 2. The van der Waals surface area contributed by atoms with Gasteiger partial charge in [-0.2, -0.15) is 0 Å². The number of aliphatic carboxylic acids is 1. The standard InChI is InChI=1S/C15H26N2O3/c1-2-12-6-8-15(9-7-12,13(18)19)16-14(20)17-10-4-3-5-11-17/h12H,2-11H2,1H3,(H,16,20)(H,18,19). The van der Waals surface area contributed by atoms with Crippen LogP contribution in [0.15, 0.2) is 0 Å². The molecule has 1 aliphatic heterocycles. The summed E-state index contributed by atoms with van der Waals surface area (Å²) in [5, 5.41) is 12.4. The summed E-state index contributed by atoms with van der Waals surface area (Å²) in [6.45, 7) is 3.64. The third kappa shape index (κ3) is 3.25. The normalized spacial score (nSPS) is 30.9. The first kappa shape index (κ1) is 15.1. The Morgan fingerprint density at radius 1 is 1.20 bits per heavy atom. The number of piperidine rings is 1. The molecule has 2 amide bonds. The van der Waals surface area contributed by atoms with Crippen LogP contribution >= 0.6 is 0 Å². The van der Waals surface area contributed by atoms with Crippen LogP contribution in [0.2, 0.25) is 0 Å². The molecule has 1 heterocycles. The lowest BCUT2D eigenvalue weighted by atomic mass is 9.75. The Balaban J connectivity index is 1.98. The largest absolute Gasteiger partial charge is 0.480 e. The van der Waals surface area contributed by atoms with E-state index in [1.54, 1.807) is 4.90 Å². The summed E-state index contributed by atoms with van der Waals surface area (Å²) in [5.74, 6) is -0.272. The molecule has 0 aromatic heterocycles. The number of nitrogens with one attached hydrogen (secondary N) is 1. The third-order valence-electron chi connectivity index (χ3n) is 4.93. The molecule has 0 bridgehead atoms. The number of rotatable bonds is 3. The van der Waals surface area contributed by atoms with E-state index in [2.05, 4.69) is 12.2 Å². The maximum Gasteiger partial charge on any atom is 0.329 e. The smallest absolute Gasteiger partial charge is 0.329 e. The van der Waals surface area contributed by atoms with Gasteiger partial charge in [-0.15, -0.1) is 0 Å². The Morgan fingerprint density at radius 3 is 2.30 bits per heavy atom. The molecule has 0 unspecified atom stereocenters. The second-order valence-electron chi connectivity index (χ2n) is 6.22. The van der Waals surface area contributed by atoms with Gasteiger partial charge in [0.2, 0.25) is 0 Å². The Hall–Kier alpha value is -1.26. The van der Waals surface area contributed by atoms with E-state index in [-0.39, 0.29) is 6.03 Å². The lowest BCUT2D eigenvalue weighted by Gasteiger charge is -2.39. The molecule has 2 aliphatic rings. The van der Waals surface area contributed by atoms with Gasteiger partial charge in [0, 0.05) is 13.1 Å². The Morgan fingerprint density at radius 2 is 1.80 bits per heavy atom. The summed E-state index contributed by atoms with van der Waals surface area (Å²) < 4.78 is 0. The Bertz CT molecular complexity index is 356. The summed E-state index contributed by atoms with van der Waals surface area (Å²) in [6, 6.07) is -0.193. The van der Waals surface area contributed by atoms with Crippen LogP contribution in [0.5, 0.6) is 0 Å². The molecule has 20 heavy (non-hydrogen) atoms. The van der Waals surface area contributed by atoms with Crippen LogP contribution in [0, 0.1) is 5.92 Å². The van der Waals surface area contributed by atoms with Crippen LogP contribution < -0.4 is 5.32 Å². The highest BCUT2D eigenvalue weighted by molar-refractivity contribution is 5.86. The van der Waals surface area contributed by atoms with Gasteiger partial charge in [-0.3, -0.25) is 0 Å². The summed E-state index contributed by atoms with van der Waals surface area (Å²) in [5.41, 5.74) is -1.04. The third-order valence-corrected chi connectivity index (χ3v) is 4.93. The number of hydrogen-bond donors (Lipinski definition) is 2. The Labute approximate surface area is 120 Å². The number of carbonyl (C=O) groups excluding carboxylic acids is 1. The van der Waals surface area contributed by atoms with E-state index in [9.17, 15) is 14.7 Å². The van der Waals surface area contributed by atoms with Crippen molar-refractivity contribution in [2.75, 3.05) is 13.1 Å². The molecule has 1 aliphatic carbocycles. The molecule has 0 aromatic rings. The minimum absolute atomic E-state index is 0.193. The zero-order valence-corrected chi connectivity index (χ0v) is 12.4. The van der Waals surface area contributed by atoms with Crippen molar-refractivity contribution in [1.29, 1.82) is 0 Å². The predicted octanol–water partition coefficient (Wildman–Crippen LogP) is 2.61. The number of carbonyl (C=O) groups is 2. The molecular weight excluding hydrogens is 256 g/mol. The second-order valence-corrected chi connectivity index (χ2v) is 6.22. The molecule has 0 spiro atoms. The van der Waals surface area contributed by atoms with Crippen LogP contribution in [0.25, 0.3) is 0 Å². The van der Waals surface area contributed by atoms with Crippen LogP contribution in [0.3, 0.4) is 0 Å². The van der Waals surface area contributed by atoms with E-state index in [0.29, 0.717) is 18.8 Å². The summed E-state index contributed by atoms with van der Waals surface area (Å²) >= 11 is 0.